The molecule has 0 radical (unpaired) electrons. The van der Waals surface area contributed by atoms with Crippen molar-refractivity contribution in [2.45, 2.75) is 83.8 Å². The Morgan fingerprint density at radius 1 is 0.758 bits per heavy atom. The fourth-order valence-electron chi connectivity index (χ4n) is 3.09. The molecule has 0 spiro atoms. The Labute approximate surface area is 191 Å². The Balaban J connectivity index is 3.38. The van der Waals surface area contributed by atoms with Gasteiger partial charge in [-0.05, 0) is 33.1 Å². The number of carbonyl (C=O) groups excluding carboxylic acids is 5. The lowest BCUT2D eigenvalue weighted by atomic mass is 10.0. The zero-order valence-corrected chi connectivity index (χ0v) is 19.3. The van der Waals surface area contributed by atoms with Crippen LogP contribution in [0.15, 0.2) is 0 Å². The number of aliphatic hydroxyl groups excluding tert-OH is 1. The van der Waals surface area contributed by atoms with Gasteiger partial charge in [-0.2, -0.15) is 0 Å². The van der Waals surface area contributed by atoms with E-state index in [1.165, 1.54) is 20.8 Å². The molecule has 0 aromatic heterocycles. The van der Waals surface area contributed by atoms with E-state index in [4.69, 9.17) is 0 Å². The van der Waals surface area contributed by atoms with Crippen LogP contribution in [0.3, 0.4) is 0 Å². The normalized spacial score (nSPS) is 28.9. The van der Waals surface area contributed by atoms with E-state index in [0.29, 0.717) is 0 Å². The number of hydrogen-bond acceptors (Lipinski definition) is 7. The number of aliphatic hydroxyl groups is 1. The second-order valence-corrected chi connectivity index (χ2v) is 8.54. The summed E-state index contributed by atoms with van der Waals surface area (Å²) in [6.45, 7) is 7.55. The summed E-state index contributed by atoms with van der Waals surface area (Å²) < 4.78 is 0. The van der Waals surface area contributed by atoms with Crippen molar-refractivity contribution in [1.82, 2.24) is 26.6 Å². The summed E-state index contributed by atoms with van der Waals surface area (Å²) in [5, 5.41) is 30.9. The van der Waals surface area contributed by atoms with E-state index in [1.54, 1.807) is 13.8 Å². The van der Waals surface area contributed by atoms with Crippen molar-refractivity contribution in [3.8, 4) is 0 Å². The minimum Gasteiger partial charge on any atom is -0.481 e. The molecule has 0 unspecified atom stereocenters. The first-order valence-electron chi connectivity index (χ1n) is 10.6. The molecule has 33 heavy (non-hydrogen) atoms. The summed E-state index contributed by atoms with van der Waals surface area (Å²) in [7, 11) is 0. The van der Waals surface area contributed by atoms with Crippen LogP contribution in [0, 0.1) is 5.92 Å². The minimum absolute atomic E-state index is 0.0544. The van der Waals surface area contributed by atoms with Crippen LogP contribution in [-0.2, 0) is 28.8 Å². The van der Waals surface area contributed by atoms with Crippen molar-refractivity contribution in [2.75, 3.05) is 0 Å². The number of carboxylic acid groups (broad SMARTS) is 1. The molecule has 7 N–H and O–H groups in total. The predicted octanol–water partition coefficient (Wildman–Crippen LogP) is -2.63. The highest BCUT2D eigenvalue weighted by Gasteiger charge is 2.35. The smallest absolute Gasteiger partial charge is 0.305 e. The highest BCUT2D eigenvalue weighted by atomic mass is 16.4. The lowest BCUT2D eigenvalue weighted by molar-refractivity contribution is -0.141. The molecule has 1 saturated heterocycles. The van der Waals surface area contributed by atoms with Gasteiger partial charge in [-0.3, -0.25) is 28.8 Å². The van der Waals surface area contributed by atoms with Gasteiger partial charge >= 0.3 is 5.97 Å². The molecule has 13 heteroatoms. The topological polar surface area (TPSA) is 203 Å². The van der Waals surface area contributed by atoms with Crippen LogP contribution >= 0.6 is 0 Å². The highest BCUT2D eigenvalue weighted by molar-refractivity contribution is 5.98. The minimum atomic E-state index is -1.59. The van der Waals surface area contributed by atoms with Crippen molar-refractivity contribution in [1.29, 1.82) is 0 Å². The number of nitrogens with one attached hydrogen (secondary N) is 5. The number of aliphatic carboxylic acids is 1. The van der Waals surface area contributed by atoms with Crippen molar-refractivity contribution in [3.63, 3.8) is 0 Å². The third-order valence-electron chi connectivity index (χ3n) is 4.92. The molecule has 186 valence electrons. The summed E-state index contributed by atoms with van der Waals surface area (Å²) in [4.78, 5) is 74.4. The molecule has 13 nitrogen and oxygen atoms in total. The number of amides is 5. The molecule has 1 heterocycles. The van der Waals surface area contributed by atoms with Gasteiger partial charge in [-0.1, -0.05) is 13.8 Å². The second kappa shape index (κ2) is 12.1. The van der Waals surface area contributed by atoms with Crippen LogP contribution in [0.5, 0.6) is 0 Å². The maximum Gasteiger partial charge on any atom is 0.305 e. The fourth-order valence-corrected chi connectivity index (χ4v) is 3.09. The lowest BCUT2D eigenvalue weighted by Gasteiger charge is -2.26. The van der Waals surface area contributed by atoms with Crippen LogP contribution in [0.2, 0.25) is 0 Å². The number of carbonyl (C=O) groups is 6. The molecule has 1 fully saturated rings. The van der Waals surface area contributed by atoms with Crippen molar-refractivity contribution in [3.05, 3.63) is 0 Å². The van der Waals surface area contributed by atoms with Crippen LogP contribution < -0.4 is 26.6 Å². The largest absolute Gasteiger partial charge is 0.481 e. The van der Waals surface area contributed by atoms with Crippen molar-refractivity contribution < 1.29 is 39.0 Å². The third-order valence-corrected chi connectivity index (χ3v) is 4.92. The van der Waals surface area contributed by atoms with Gasteiger partial charge in [0.2, 0.25) is 29.5 Å². The van der Waals surface area contributed by atoms with Crippen LogP contribution in [-0.4, -0.2) is 82.0 Å². The van der Waals surface area contributed by atoms with Crippen LogP contribution in [0.1, 0.15) is 47.5 Å². The molecule has 0 bridgehead atoms. The highest BCUT2D eigenvalue weighted by Crippen LogP contribution is 2.08. The molecule has 1 rings (SSSR count). The number of rotatable bonds is 5. The molecular weight excluding hydrogens is 438 g/mol. The molecule has 1 aliphatic rings. The Bertz CT molecular complexity index is 784. The molecule has 6 atom stereocenters. The molecule has 1 aliphatic heterocycles. The van der Waals surface area contributed by atoms with Gasteiger partial charge in [0.25, 0.3) is 0 Å². The van der Waals surface area contributed by atoms with Crippen LogP contribution in [0.25, 0.3) is 0 Å². The van der Waals surface area contributed by atoms with E-state index in [0.717, 1.165) is 0 Å². The Morgan fingerprint density at radius 2 is 1.21 bits per heavy atom. The van der Waals surface area contributed by atoms with E-state index in [1.807, 2.05) is 0 Å². The first-order valence-corrected chi connectivity index (χ1v) is 10.6. The first-order chi connectivity index (χ1) is 15.2. The average molecular weight is 472 g/mol. The van der Waals surface area contributed by atoms with E-state index >= 15 is 0 Å². The average Bonchev–Trinajstić information content (AvgIpc) is 2.68. The number of hydrogen-bond donors (Lipinski definition) is 7. The van der Waals surface area contributed by atoms with Crippen LogP contribution in [0.4, 0.5) is 0 Å². The maximum absolute atomic E-state index is 12.9. The Morgan fingerprint density at radius 3 is 1.70 bits per heavy atom. The van der Waals surface area contributed by atoms with E-state index < -0.39 is 78.2 Å². The predicted molar refractivity (Wildman–Crippen MR) is 114 cm³/mol. The summed E-state index contributed by atoms with van der Waals surface area (Å²) in [5.41, 5.74) is 0. The summed E-state index contributed by atoms with van der Waals surface area (Å²) in [6, 6.07) is -6.43. The number of carboxylic acids is 1. The monoisotopic (exact) mass is 471 g/mol. The summed E-state index contributed by atoms with van der Waals surface area (Å²) in [5.74, 6) is -5.58. The van der Waals surface area contributed by atoms with Crippen molar-refractivity contribution in [2.24, 2.45) is 5.92 Å². The van der Waals surface area contributed by atoms with Crippen molar-refractivity contribution >= 4 is 35.5 Å². The third kappa shape index (κ3) is 8.67. The molecule has 0 aromatic rings. The Hall–Kier alpha value is -3.22. The molecule has 0 aromatic carbocycles. The van der Waals surface area contributed by atoms with Gasteiger partial charge < -0.3 is 36.8 Å². The zero-order valence-electron chi connectivity index (χ0n) is 19.3. The van der Waals surface area contributed by atoms with E-state index in [-0.39, 0.29) is 12.3 Å². The summed E-state index contributed by atoms with van der Waals surface area (Å²) >= 11 is 0. The quantitative estimate of drug-likeness (QED) is 0.225. The Kier molecular flexibility index (Phi) is 10.2. The standard InChI is InChI=1S/C20H33N5O8/c1-8(2)6-12-18(31)24-13(7-14(27)28)19(32)25-15(11(5)26)20(33)22-9(3)16(29)21-10(4)17(30)23-12/h8-13,15,26H,6-7H2,1-5H3,(H,21,29)(H,22,33)(H,23,30)(H,24,31)(H,25,32)(H,27,28)/t9-,10-,11+,12+,13-,15-/m0/s1. The fraction of sp³-hybridized carbons (Fsp3) is 0.700. The van der Waals surface area contributed by atoms with Gasteiger partial charge in [-0.25, -0.2) is 0 Å². The first kappa shape index (κ1) is 27.8. The SMILES string of the molecule is CC(C)C[C@H]1NC(=O)[C@H](C)NC(=O)[C@H](C)NC(=O)[C@H]([C@@H](C)O)NC(=O)[C@H](CC(=O)O)NC1=O. The van der Waals surface area contributed by atoms with E-state index in [2.05, 4.69) is 26.6 Å². The van der Waals surface area contributed by atoms with Gasteiger partial charge in [0.05, 0.1) is 12.5 Å². The zero-order chi connectivity index (χ0) is 25.5. The molecule has 5 amide bonds. The molecule has 0 saturated carbocycles. The lowest BCUT2D eigenvalue weighted by Crippen LogP contribution is -2.60. The van der Waals surface area contributed by atoms with E-state index in [9.17, 15) is 39.0 Å². The van der Waals surface area contributed by atoms with Gasteiger partial charge in [-0.15, -0.1) is 0 Å². The summed E-state index contributed by atoms with van der Waals surface area (Å²) in [6.07, 6.45) is -2.04. The maximum atomic E-state index is 12.9. The molecule has 0 aliphatic carbocycles. The van der Waals surface area contributed by atoms with Gasteiger partial charge in [0, 0.05) is 0 Å². The second-order valence-electron chi connectivity index (χ2n) is 8.54. The van der Waals surface area contributed by atoms with Gasteiger partial charge in [0.1, 0.15) is 30.2 Å². The molecular formula is C20H33N5O8. The van der Waals surface area contributed by atoms with Gasteiger partial charge in [0.15, 0.2) is 0 Å².